The average Bonchev–Trinajstić information content (AvgIpc) is 2.78. The van der Waals surface area contributed by atoms with E-state index in [1.54, 1.807) is 0 Å². The molecule has 0 aromatic heterocycles. The van der Waals surface area contributed by atoms with E-state index in [0.29, 0.717) is 11.8 Å². The lowest BCUT2D eigenvalue weighted by atomic mass is 9.41. The van der Waals surface area contributed by atoms with E-state index in [4.69, 9.17) is 0 Å². The first-order valence-corrected chi connectivity index (χ1v) is 9.69. The number of carboxylic acids is 2. The minimum atomic E-state index is -0.627. The van der Waals surface area contributed by atoms with Crippen molar-refractivity contribution in [3.05, 3.63) is 0 Å². The third-order valence-electron chi connectivity index (χ3n) is 8.94. The van der Waals surface area contributed by atoms with Gasteiger partial charge in [-0.05, 0) is 86.9 Å². The van der Waals surface area contributed by atoms with E-state index >= 15 is 0 Å². The normalized spacial score (nSPS) is 53.1. The van der Waals surface area contributed by atoms with Crippen LogP contribution in [0.4, 0.5) is 0 Å². The SMILES string of the molecule is C[C@@]12CCC[C@](C)(C(=O)O)[C@@H]1CC[C@]13C[C@H](CC[C@@H]12)[C@H](C(=O)O)C3. The molecule has 7 atom stereocenters. The number of carbonyl (C=O) groups is 2. The van der Waals surface area contributed by atoms with Crippen LogP contribution in [0.3, 0.4) is 0 Å². The molecule has 2 bridgehead atoms. The molecule has 2 N–H and O–H groups in total. The standard InChI is InChI=1S/C20H30O4/c1-18-7-3-8-19(2,17(23)24)14(18)6-9-20-10-12(4-5-15(18)20)13(11-20)16(21)22/h12-15H,3-11H2,1-2H3,(H,21,22)(H,23,24)/t12-,13+,14+,15+,18+,19-,20+/m0/s1. The van der Waals surface area contributed by atoms with Gasteiger partial charge in [0.1, 0.15) is 0 Å². The number of hydrogen-bond donors (Lipinski definition) is 2. The molecule has 0 saturated heterocycles. The maximum atomic E-state index is 12.1. The Morgan fingerprint density at radius 1 is 0.917 bits per heavy atom. The van der Waals surface area contributed by atoms with Gasteiger partial charge in [0.15, 0.2) is 0 Å². The van der Waals surface area contributed by atoms with Crippen molar-refractivity contribution in [2.24, 2.45) is 39.9 Å². The molecule has 4 aliphatic carbocycles. The monoisotopic (exact) mass is 334 g/mol. The highest BCUT2D eigenvalue weighted by atomic mass is 16.4. The molecule has 0 aromatic carbocycles. The zero-order chi connectivity index (χ0) is 17.3. The number of fused-ring (bicyclic) bond motifs is 3. The molecule has 4 fully saturated rings. The Labute approximate surface area is 144 Å². The fourth-order valence-electron chi connectivity index (χ4n) is 7.99. The van der Waals surface area contributed by atoms with Crippen molar-refractivity contribution >= 4 is 11.9 Å². The maximum absolute atomic E-state index is 12.1. The van der Waals surface area contributed by atoms with Gasteiger partial charge in [0.2, 0.25) is 0 Å². The number of rotatable bonds is 2. The highest BCUT2D eigenvalue weighted by molar-refractivity contribution is 5.75. The summed E-state index contributed by atoms with van der Waals surface area (Å²) in [4.78, 5) is 23.7. The Morgan fingerprint density at radius 3 is 2.33 bits per heavy atom. The summed E-state index contributed by atoms with van der Waals surface area (Å²) in [6.45, 7) is 4.31. The van der Waals surface area contributed by atoms with E-state index in [-0.39, 0.29) is 22.7 Å². The van der Waals surface area contributed by atoms with Crippen LogP contribution in [0.1, 0.15) is 71.6 Å². The Hall–Kier alpha value is -1.06. The Bertz CT molecular complexity index is 586. The summed E-state index contributed by atoms with van der Waals surface area (Å²) in [7, 11) is 0. The van der Waals surface area contributed by atoms with Crippen molar-refractivity contribution in [2.45, 2.75) is 71.6 Å². The van der Waals surface area contributed by atoms with Crippen LogP contribution in [0.2, 0.25) is 0 Å². The van der Waals surface area contributed by atoms with Crippen LogP contribution in [-0.2, 0) is 9.59 Å². The van der Waals surface area contributed by atoms with Gasteiger partial charge in [-0.2, -0.15) is 0 Å². The molecule has 0 amide bonds. The van der Waals surface area contributed by atoms with E-state index < -0.39 is 17.4 Å². The molecule has 4 heteroatoms. The second-order valence-electron chi connectivity index (χ2n) is 9.78. The second-order valence-corrected chi connectivity index (χ2v) is 9.78. The van der Waals surface area contributed by atoms with Crippen molar-refractivity contribution in [3.8, 4) is 0 Å². The third-order valence-corrected chi connectivity index (χ3v) is 8.94. The van der Waals surface area contributed by atoms with E-state index in [1.807, 2.05) is 6.92 Å². The van der Waals surface area contributed by atoms with Crippen molar-refractivity contribution in [3.63, 3.8) is 0 Å². The smallest absolute Gasteiger partial charge is 0.309 e. The zero-order valence-electron chi connectivity index (χ0n) is 14.9. The minimum absolute atomic E-state index is 0.0714. The summed E-state index contributed by atoms with van der Waals surface area (Å²) in [5.41, 5.74) is -0.355. The molecule has 0 aliphatic heterocycles. The fourth-order valence-corrected chi connectivity index (χ4v) is 7.99. The molecule has 4 nitrogen and oxygen atoms in total. The third kappa shape index (κ3) is 1.91. The van der Waals surface area contributed by atoms with Gasteiger partial charge in [-0.3, -0.25) is 9.59 Å². The lowest BCUT2D eigenvalue weighted by molar-refractivity contribution is -0.181. The molecule has 24 heavy (non-hydrogen) atoms. The van der Waals surface area contributed by atoms with E-state index in [0.717, 1.165) is 57.8 Å². The Balaban J connectivity index is 1.71. The second kappa shape index (κ2) is 4.98. The van der Waals surface area contributed by atoms with Gasteiger partial charge >= 0.3 is 11.9 Å². The topological polar surface area (TPSA) is 74.6 Å². The lowest BCUT2D eigenvalue weighted by Crippen LogP contribution is -2.58. The fraction of sp³-hybridized carbons (Fsp3) is 0.900. The largest absolute Gasteiger partial charge is 0.481 e. The first kappa shape index (κ1) is 16.4. The van der Waals surface area contributed by atoms with Crippen molar-refractivity contribution < 1.29 is 19.8 Å². The molecular weight excluding hydrogens is 304 g/mol. The number of hydrogen-bond acceptors (Lipinski definition) is 2. The summed E-state index contributed by atoms with van der Waals surface area (Å²) in [6, 6.07) is 0. The van der Waals surface area contributed by atoms with Gasteiger partial charge in [-0.15, -0.1) is 0 Å². The first-order valence-electron chi connectivity index (χ1n) is 9.69. The van der Waals surface area contributed by atoms with Crippen LogP contribution in [0.15, 0.2) is 0 Å². The molecule has 0 aromatic rings. The molecule has 0 radical (unpaired) electrons. The first-order chi connectivity index (χ1) is 11.2. The van der Waals surface area contributed by atoms with Crippen molar-refractivity contribution in [1.82, 2.24) is 0 Å². The van der Waals surface area contributed by atoms with E-state index in [9.17, 15) is 19.8 Å². The van der Waals surface area contributed by atoms with Gasteiger partial charge < -0.3 is 10.2 Å². The van der Waals surface area contributed by atoms with Crippen LogP contribution < -0.4 is 0 Å². The lowest BCUT2D eigenvalue weighted by Gasteiger charge is -2.63. The van der Waals surface area contributed by atoms with Gasteiger partial charge in [0.25, 0.3) is 0 Å². The van der Waals surface area contributed by atoms with E-state index in [2.05, 4.69) is 6.92 Å². The summed E-state index contributed by atoms with van der Waals surface area (Å²) in [5, 5.41) is 19.5. The predicted molar refractivity (Wildman–Crippen MR) is 89.4 cm³/mol. The van der Waals surface area contributed by atoms with Gasteiger partial charge in [0, 0.05) is 0 Å². The molecule has 134 valence electrons. The van der Waals surface area contributed by atoms with Crippen molar-refractivity contribution in [2.75, 3.05) is 0 Å². The quantitative estimate of drug-likeness (QED) is 0.794. The molecule has 4 aliphatic rings. The molecule has 1 spiro atoms. The highest BCUT2D eigenvalue weighted by Gasteiger charge is 2.66. The van der Waals surface area contributed by atoms with Gasteiger partial charge in [-0.25, -0.2) is 0 Å². The van der Waals surface area contributed by atoms with Crippen LogP contribution in [0.25, 0.3) is 0 Å². The molecular formula is C20H30O4. The van der Waals surface area contributed by atoms with Gasteiger partial charge in [-0.1, -0.05) is 13.3 Å². The summed E-state index contributed by atoms with van der Waals surface area (Å²) >= 11 is 0. The van der Waals surface area contributed by atoms with Crippen LogP contribution >= 0.6 is 0 Å². The summed E-state index contributed by atoms with van der Waals surface area (Å²) in [6.07, 6.45) is 8.96. The molecule has 4 saturated carbocycles. The number of carboxylic acid groups (broad SMARTS) is 2. The van der Waals surface area contributed by atoms with Crippen LogP contribution in [0.5, 0.6) is 0 Å². The summed E-state index contributed by atoms with van der Waals surface area (Å²) in [5.74, 6) is -0.282. The van der Waals surface area contributed by atoms with Crippen molar-refractivity contribution in [1.29, 1.82) is 0 Å². The Morgan fingerprint density at radius 2 is 1.67 bits per heavy atom. The zero-order valence-corrected chi connectivity index (χ0v) is 14.9. The maximum Gasteiger partial charge on any atom is 0.309 e. The average molecular weight is 334 g/mol. The highest BCUT2D eigenvalue weighted by Crippen LogP contribution is 2.72. The van der Waals surface area contributed by atoms with E-state index in [1.165, 1.54) is 0 Å². The predicted octanol–water partition coefficient (Wildman–Crippen LogP) is 4.18. The molecule has 0 unspecified atom stereocenters. The van der Waals surface area contributed by atoms with Crippen LogP contribution in [-0.4, -0.2) is 22.2 Å². The minimum Gasteiger partial charge on any atom is -0.481 e. The number of aliphatic carboxylic acids is 2. The summed E-state index contributed by atoms with van der Waals surface area (Å²) < 4.78 is 0. The molecule has 4 rings (SSSR count). The van der Waals surface area contributed by atoms with Crippen LogP contribution in [0, 0.1) is 39.9 Å². The molecule has 0 heterocycles. The van der Waals surface area contributed by atoms with Gasteiger partial charge in [0.05, 0.1) is 11.3 Å². The Kier molecular flexibility index (Phi) is 3.41.